The van der Waals surface area contributed by atoms with Crippen LogP contribution in [0.2, 0.25) is 0 Å². The van der Waals surface area contributed by atoms with Crippen molar-refractivity contribution in [3.63, 3.8) is 0 Å². The molecule has 0 saturated carbocycles. The maximum atomic E-state index is 13.0. The Kier molecular flexibility index (Phi) is 5.70. The van der Waals surface area contributed by atoms with Crippen molar-refractivity contribution in [3.8, 4) is 23.0 Å². The zero-order valence-corrected chi connectivity index (χ0v) is 16.1. The van der Waals surface area contributed by atoms with Crippen molar-refractivity contribution >= 4 is 17.9 Å². The van der Waals surface area contributed by atoms with E-state index in [0.717, 1.165) is 11.1 Å². The second kappa shape index (κ2) is 8.19. The number of likely N-dealkylation sites (N-methyl/N-ethyl adjacent to an activating group) is 1. The first-order valence-corrected chi connectivity index (χ1v) is 8.79. The summed E-state index contributed by atoms with van der Waals surface area (Å²) in [7, 11) is 4.91. The molecule has 0 aromatic heterocycles. The summed E-state index contributed by atoms with van der Waals surface area (Å²) in [4.78, 5) is 15.0. The van der Waals surface area contributed by atoms with Crippen molar-refractivity contribution < 1.29 is 24.5 Å². The third-order valence-electron chi connectivity index (χ3n) is 4.55. The second-order valence-electron chi connectivity index (χ2n) is 6.70. The monoisotopic (exact) mass is 381 g/mol. The predicted octanol–water partition coefficient (Wildman–Crippen LogP) is 3.10. The highest BCUT2D eigenvalue weighted by Gasteiger charge is 2.24. The average molecular weight is 381 g/mol. The van der Waals surface area contributed by atoms with Crippen molar-refractivity contribution in [2.24, 2.45) is 0 Å². The number of carbonyl (C=O) groups is 1. The summed E-state index contributed by atoms with van der Waals surface area (Å²) in [5.41, 5.74) is 2.70. The molecule has 0 amide bonds. The number of piperidine rings is 1. The van der Waals surface area contributed by atoms with Crippen LogP contribution in [0.25, 0.3) is 12.2 Å². The SMILES string of the molecule is COc1ccc(C=C2CN(C)CC(=Cc3ccc(OC)c(O)c3)C2=O)cc1O. The van der Waals surface area contributed by atoms with Crippen LogP contribution in [-0.4, -0.2) is 55.3 Å². The first-order valence-electron chi connectivity index (χ1n) is 8.79. The van der Waals surface area contributed by atoms with E-state index in [9.17, 15) is 15.0 Å². The fraction of sp³-hybridized carbons (Fsp3) is 0.227. The van der Waals surface area contributed by atoms with Gasteiger partial charge in [-0.05, 0) is 54.6 Å². The third kappa shape index (κ3) is 4.18. The highest BCUT2D eigenvalue weighted by molar-refractivity contribution is 6.14. The molecule has 1 heterocycles. The average Bonchev–Trinajstić information content (AvgIpc) is 2.66. The largest absolute Gasteiger partial charge is 0.504 e. The number of hydrogen-bond acceptors (Lipinski definition) is 6. The van der Waals surface area contributed by atoms with Crippen LogP contribution in [0.3, 0.4) is 0 Å². The Labute approximate surface area is 163 Å². The molecule has 1 aliphatic heterocycles. The van der Waals surface area contributed by atoms with Gasteiger partial charge >= 0.3 is 0 Å². The summed E-state index contributed by atoms with van der Waals surface area (Å²) < 4.78 is 10.1. The molecule has 6 nitrogen and oxygen atoms in total. The van der Waals surface area contributed by atoms with Gasteiger partial charge in [-0.2, -0.15) is 0 Å². The number of likely N-dealkylation sites (tertiary alicyclic amines) is 1. The van der Waals surface area contributed by atoms with Crippen LogP contribution in [-0.2, 0) is 4.79 Å². The van der Waals surface area contributed by atoms with Crippen molar-refractivity contribution in [1.29, 1.82) is 0 Å². The Bertz CT molecular complexity index is 886. The van der Waals surface area contributed by atoms with E-state index in [1.54, 1.807) is 48.6 Å². The lowest BCUT2D eigenvalue weighted by molar-refractivity contribution is -0.113. The van der Waals surface area contributed by atoms with E-state index in [1.807, 2.05) is 11.9 Å². The van der Waals surface area contributed by atoms with E-state index in [1.165, 1.54) is 14.2 Å². The zero-order valence-electron chi connectivity index (χ0n) is 16.1. The standard InChI is InChI=1S/C22H23NO5/c1-23-12-16(8-14-4-6-20(27-2)18(24)10-14)22(26)17(13-23)9-15-5-7-21(28-3)19(25)11-15/h4-11,24-25H,12-13H2,1-3H3. The molecule has 0 unspecified atom stereocenters. The summed E-state index contributed by atoms with van der Waals surface area (Å²) in [5.74, 6) is 0.767. The minimum Gasteiger partial charge on any atom is -0.504 e. The Morgan fingerprint density at radius 3 is 1.64 bits per heavy atom. The molecule has 1 fully saturated rings. The van der Waals surface area contributed by atoms with Crippen molar-refractivity contribution in [2.45, 2.75) is 0 Å². The number of Topliss-reactive ketones (excluding diaryl/α,β-unsaturated/α-hetero) is 1. The molecular weight excluding hydrogens is 358 g/mol. The smallest absolute Gasteiger partial charge is 0.187 e. The number of phenolic OH excluding ortho intramolecular Hbond substituents is 2. The Morgan fingerprint density at radius 1 is 0.857 bits per heavy atom. The quantitative estimate of drug-likeness (QED) is 0.793. The first kappa shape index (κ1) is 19.5. The van der Waals surface area contributed by atoms with Crippen molar-refractivity contribution in [2.75, 3.05) is 34.4 Å². The normalized spacial score (nSPS) is 17.9. The molecule has 0 bridgehead atoms. The minimum atomic E-state index is -0.0521. The number of aromatic hydroxyl groups is 2. The van der Waals surface area contributed by atoms with Crippen LogP contribution in [0.4, 0.5) is 0 Å². The van der Waals surface area contributed by atoms with Gasteiger partial charge in [-0.1, -0.05) is 12.1 Å². The molecule has 2 aromatic carbocycles. The molecular formula is C22H23NO5. The first-order chi connectivity index (χ1) is 13.4. The number of methoxy groups -OCH3 is 2. The lowest BCUT2D eigenvalue weighted by atomic mass is 9.94. The van der Waals surface area contributed by atoms with E-state index in [2.05, 4.69) is 0 Å². The number of carbonyl (C=O) groups excluding carboxylic acids is 1. The topological polar surface area (TPSA) is 79.2 Å². The van der Waals surface area contributed by atoms with Gasteiger partial charge in [0.2, 0.25) is 0 Å². The molecule has 146 valence electrons. The third-order valence-corrected chi connectivity index (χ3v) is 4.55. The van der Waals surface area contributed by atoms with Gasteiger partial charge < -0.3 is 19.7 Å². The van der Waals surface area contributed by atoms with Crippen LogP contribution in [0, 0.1) is 0 Å². The molecule has 1 aliphatic rings. The molecule has 0 radical (unpaired) electrons. The molecule has 0 spiro atoms. The summed E-state index contributed by atoms with van der Waals surface area (Å²) in [6.07, 6.45) is 3.55. The van der Waals surface area contributed by atoms with E-state index >= 15 is 0 Å². The van der Waals surface area contributed by atoms with Crippen LogP contribution in [0.1, 0.15) is 11.1 Å². The highest BCUT2D eigenvalue weighted by atomic mass is 16.5. The maximum Gasteiger partial charge on any atom is 0.187 e. The zero-order chi connectivity index (χ0) is 20.3. The number of phenols is 2. The van der Waals surface area contributed by atoms with E-state index in [0.29, 0.717) is 35.7 Å². The molecule has 1 saturated heterocycles. The van der Waals surface area contributed by atoms with Crippen molar-refractivity contribution in [1.82, 2.24) is 4.90 Å². The summed E-state index contributed by atoms with van der Waals surface area (Å²) in [6.45, 7) is 1.02. The number of rotatable bonds is 4. The van der Waals surface area contributed by atoms with Gasteiger partial charge in [-0.15, -0.1) is 0 Å². The molecule has 6 heteroatoms. The lowest BCUT2D eigenvalue weighted by Gasteiger charge is -2.26. The fourth-order valence-corrected chi connectivity index (χ4v) is 3.21. The number of nitrogens with zero attached hydrogens (tertiary/aromatic N) is 1. The van der Waals surface area contributed by atoms with E-state index in [4.69, 9.17) is 9.47 Å². The van der Waals surface area contributed by atoms with Crippen LogP contribution >= 0.6 is 0 Å². The van der Waals surface area contributed by atoms with Gasteiger partial charge in [0.1, 0.15) is 0 Å². The summed E-state index contributed by atoms with van der Waals surface area (Å²) in [6, 6.07) is 10.0. The lowest BCUT2D eigenvalue weighted by Crippen LogP contribution is -2.34. The van der Waals surface area contributed by atoms with E-state index in [-0.39, 0.29) is 17.3 Å². The molecule has 0 atom stereocenters. The molecule has 2 aromatic rings. The minimum absolute atomic E-state index is 0.0259. The number of hydrogen-bond donors (Lipinski definition) is 2. The van der Waals surface area contributed by atoms with Crippen LogP contribution in [0.5, 0.6) is 23.0 Å². The highest BCUT2D eigenvalue weighted by Crippen LogP contribution is 2.30. The summed E-state index contributed by atoms with van der Waals surface area (Å²) in [5, 5.41) is 19.9. The van der Waals surface area contributed by atoms with Crippen molar-refractivity contribution in [3.05, 3.63) is 58.7 Å². The fourth-order valence-electron chi connectivity index (χ4n) is 3.21. The Morgan fingerprint density at radius 2 is 1.29 bits per heavy atom. The number of ether oxygens (including phenoxy) is 2. The van der Waals surface area contributed by atoms with Gasteiger partial charge in [0, 0.05) is 24.2 Å². The molecule has 2 N–H and O–H groups in total. The van der Waals surface area contributed by atoms with Crippen LogP contribution < -0.4 is 9.47 Å². The van der Waals surface area contributed by atoms with Gasteiger partial charge in [0.25, 0.3) is 0 Å². The number of benzene rings is 2. The van der Waals surface area contributed by atoms with Crippen LogP contribution in [0.15, 0.2) is 47.5 Å². The maximum absolute atomic E-state index is 13.0. The Balaban J connectivity index is 1.92. The number of ketones is 1. The molecule has 3 rings (SSSR count). The second-order valence-corrected chi connectivity index (χ2v) is 6.70. The summed E-state index contributed by atoms with van der Waals surface area (Å²) >= 11 is 0. The van der Waals surface area contributed by atoms with Gasteiger partial charge in [-0.3, -0.25) is 9.69 Å². The molecule has 28 heavy (non-hydrogen) atoms. The Hall–Kier alpha value is -3.25. The van der Waals surface area contributed by atoms with Gasteiger partial charge in [0.15, 0.2) is 28.8 Å². The predicted molar refractivity (Wildman–Crippen MR) is 108 cm³/mol. The van der Waals surface area contributed by atoms with Gasteiger partial charge in [0.05, 0.1) is 14.2 Å². The van der Waals surface area contributed by atoms with Gasteiger partial charge in [-0.25, -0.2) is 0 Å². The molecule has 0 aliphatic carbocycles. The van der Waals surface area contributed by atoms with E-state index < -0.39 is 0 Å².